The molecule has 0 saturated carbocycles. The standard InChI is InChI=1S/C10H11N5O/c1-12-10(16)8-6-7(2-4-13-8)15-5-3-9(11)14-15/h2-6H,1H3,(H2,11,14)(H,12,16). The number of hydrogen-bond acceptors (Lipinski definition) is 4. The number of anilines is 1. The van der Waals surface area contributed by atoms with Crippen LogP contribution in [-0.4, -0.2) is 27.7 Å². The van der Waals surface area contributed by atoms with Crippen LogP contribution in [0, 0.1) is 0 Å². The first-order chi connectivity index (χ1) is 7.70. The predicted octanol–water partition coefficient (Wildman–Crippen LogP) is 0.209. The third-order valence-corrected chi connectivity index (χ3v) is 2.08. The highest BCUT2D eigenvalue weighted by atomic mass is 16.1. The maximum absolute atomic E-state index is 11.4. The first kappa shape index (κ1) is 10.2. The van der Waals surface area contributed by atoms with Gasteiger partial charge in [0.2, 0.25) is 0 Å². The lowest BCUT2D eigenvalue weighted by Gasteiger charge is -2.03. The summed E-state index contributed by atoms with van der Waals surface area (Å²) >= 11 is 0. The van der Waals surface area contributed by atoms with Crippen molar-refractivity contribution in [1.29, 1.82) is 0 Å². The van der Waals surface area contributed by atoms with Gasteiger partial charge >= 0.3 is 0 Å². The van der Waals surface area contributed by atoms with Crippen LogP contribution in [0.1, 0.15) is 10.5 Å². The molecule has 0 unspecified atom stereocenters. The number of pyridine rings is 1. The van der Waals surface area contributed by atoms with E-state index in [1.165, 1.54) is 0 Å². The van der Waals surface area contributed by atoms with Crippen LogP contribution in [0.25, 0.3) is 5.69 Å². The molecule has 2 aromatic rings. The van der Waals surface area contributed by atoms with Crippen molar-refractivity contribution in [3.63, 3.8) is 0 Å². The van der Waals surface area contributed by atoms with E-state index in [0.717, 1.165) is 5.69 Å². The molecular weight excluding hydrogens is 206 g/mol. The fourth-order valence-corrected chi connectivity index (χ4v) is 1.30. The highest BCUT2D eigenvalue weighted by Crippen LogP contribution is 2.09. The second-order valence-corrected chi connectivity index (χ2v) is 3.16. The molecule has 3 N–H and O–H groups in total. The Kier molecular flexibility index (Phi) is 2.55. The van der Waals surface area contributed by atoms with Crippen molar-refractivity contribution in [2.24, 2.45) is 0 Å². The number of hydrogen-bond donors (Lipinski definition) is 2. The molecule has 1 amide bonds. The molecule has 0 aliphatic carbocycles. The van der Waals surface area contributed by atoms with Crippen molar-refractivity contribution < 1.29 is 4.79 Å². The molecule has 0 atom stereocenters. The third kappa shape index (κ3) is 1.85. The van der Waals surface area contributed by atoms with Crippen molar-refractivity contribution >= 4 is 11.7 Å². The molecule has 0 bridgehead atoms. The van der Waals surface area contributed by atoms with Gasteiger partial charge in [-0.2, -0.15) is 5.10 Å². The number of rotatable bonds is 2. The van der Waals surface area contributed by atoms with Gasteiger partial charge in [-0.15, -0.1) is 0 Å². The summed E-state index contributed by atoms with van der Waals surface area (Å²) in [7, 11) is 1.56. The lowest BCUT2D eigenvalue weighted by atomic mass is 10.3. The van der Waals surface area contributed by atoms with Gasteiger partial charge in [-0.3, -0.25) is 9.78 Å². The summed E-state index contributed by atoms with van der Waals surface area (Å²) in [6, 6.07) is 5.07. The Morgan fingerprint density at radius 2 is 2.31 bits per heavy atom. The van der Waals surface area contributed by atoms with Gasteiger partial charge in [0, 0.05) is 25.5 Å². The molecule has 2 heterocycles. The van der Waals surface area contributed by atoms with E-state index >= 15 is 0 Å². The first-order valence-corrected chi connectivity index (χ1v) is 4.70. The molecule has 2 rings (SSSR count). The van der Waals surface area contributed by atoms with Crippen LogP contribution in [0.3, 0.4) is 0 Å². The van der Waals surface area contributed by atoms with Gasteiger partial charge in [0.1, 0.15) is 11.5 Å². The van der Waals surface area contributed by atoms with Gasteiger partial charge in [-0.05, 0) is 12.1 Å². The minimum atomic E-state index is -0.234. The molecule has 6 nitrogen and oxygen atoms in total. The number of nitrogens with one attached hydrogen (secondary N) is 1. The third-order valence-electron chi connectivity index (χ3n) is 2.08. The van der Waals surface area contributed by atoms with Gasteiger partial charge in [0.25, 0.3) is 5.91 Å². The normalized spacial score (nSPS) is 10.1. The van der Waals surface area contributed by atoms with E-state index in [-0.39, 0.29) is 5.91 Å². The predicted molar refractivity (Wildman–Crippen MR) is 59.2 cm³/mol. The van der Waals surface area contributed by atoms with Gasteiger partial charge in [-0.1, -0.05) is 0 Å². The Bertz CT molecular complexity index is 519. The molecule has 0 aromatic carbocycles. The maximum atomic E-state index is 11.4. The lowest BCUT2D eigenvalue weighted by Crippen LogP contribution is -2.19. The molecule has 0 spiro atoms. The van der Waals surface area contributed by atoms with E-state index in [4.69, 9.17) is 5.73 Å². The van der Waals surface area contributed by atoms with Crippen LogP contribution in [0.4, 0.5) is 5.82 Å². The highest BCUT2D eigenvalue weighted by Gasteiger charge is 2.06. The summed E-state index contributed by atoms with van der Waals surface area (Å²) in [6.07, 6.45) is 3.27. The Hall–Kier alpha value is -2.37. The monoisotopic (exact) mass is 217 g/mol. The summed E-state index contributed by atoms with van der Waals surface area (Å²) in [5.41, 5.74) is 6.60. The van der Waals surface area contributed by atoms with E-state index in [1.807, 2.05) is 0 Å². The number of amides is 1. The van der Waals surface area contributed by atoms with Crippen molar-refractivity contribution in [3.8, 4) is 5.69 Å². The first-order valence-electron chi connectivity index (χ1n) is 4.70. The van der Waals surface area contributed by atoms with Gasteiger partial charge in [0.05, 0.1) is 5.69 Å². The number of nitrogens with two attached hydrogens (primary N) is 1. The number of aromatic nitrogens is 3. The largest absolute Gasteiger partial charge is 0.382 e. The molecule has 0 aliphatic rings. The lowest BCUT2D eigenvalue weighted by molar-refractivity contribution is 0.0958. The van der Waals surface area contributed by atoms with Crippen molar-refractivity contribution in [2.45, 2.75) is 0 Å². The van der Waals surface area contributed by atoms with Crippen LogP contribution in [0.15, 0.2) is 30.6 Å². The zero-order valence-electron chi connectivity index (χ0n) is 8.71. The fraction of sp³-hybridized carbons (Fsp3) is 0.100. The fourth-order valence-electron chi connectivity index (χ4n) is 1.30. The van der Waals surface area contributed by atoms with E-state index in [0.29, 0.717) is 11.5 Å². The van der Waals surface area contributed by atoms with Gasteiger partial charge < -0.3 is 11.1 Å². The van der Waals surface area contributed by atoms with Crippen molar-refractivity contribution in [3.05, 3.63) is 36.3 Å². The zero-order valence-corrected chi connectivity index (χ0v) is 8.71. The zero-order chi connectivity index (χ0) is 11.5. The SMILES string of the molecule is CNC(=O)c1cc(-n2ccc(N)n2)ccn1. The van der Waals surface area contributed by atoms with E-state index in [2.05, 4.69) is 15.4 Å². The van der Waals surface area contributed by atoms with Crippen molar-refractivity contribution in [1.82, 2.24) is 20.1 Å². The summed E-state index contributed by atoms with van der Waals surface area (Å²) in [4.78, 5) is 15.3. The van der Waals surface area contributed by atoms with Crippen LogP contribution < -0.4 is 11.1 Å². The summed E-state index contributed by atoms with van der Waals surface area (Å²) in [5.74, 6) is 0.195. The second-order valence-electron chi connectivity index (χ2n) is 3.16. The Balaban J connectivity index is 2.39. The number of nitrogen functional groups attached to an aromatic ring is 1. The van der Waals surface area contributed by atoms with Crippen molar-refractivity contribution in [2.75, 3.05) is 12.8 Å². The summed E-state index contributed by atoms with van der Waals surface area (Å²) < 4.78 is 1.59. The van der Waals surface area contributed by atoms with E-state index in [9.17, 15) is 4.79 Å². The smallest absolute Gasteiger partial charge is 0.269 e. The quantitative estimate of drug-likeness (QED) is 0.752. The maximum Gasteiger partial charge on any atom is 0.269 e. The summed E-state index contributed by atoms with van der Waals surface area (Å²) in [5, 5.41) is 6.55. The molecule has 0 aliphatic heterocycles. The highest BCUT2D eigenvalue weighted by molar-refractivity contribution is 5.92. The summed E-state index contributed by atoms with van der Waals surface area (Å²) in [6.45, 7) is 0. The molecule has 82 valence electrons. The number of carbonyl (C=O) groups is 1. The van der Waals surface area contributed by atoms with Gasteiger partial charge in [0.15, 0.2) is 0 Å². The van der Waals surface area contributed by atoms with E-state index < -0.39 is 0 Å². The number of nitrogens with zero attached hydrogens (tertiary/aromatic N) is 3. The number of carbonyl (C=O) groups excluding carboxylic acids is 1. The molecule has 0 fully saturated rings. The molecule has 2 aromatic heterocycles. The Morgan fingerprint density at radius 1 is 1.50 bits per heavy atom. The molecule has 16 heavy (non-hydrogen) atoms. The Labute approximate surface area is 92.1 Å². The minimum absolute atomic E-state index is 0.234. The van der Waals surface area contributed by atoms with Crippen LogP contribution in [0.5, 0.6) is 0 Å². The molecule has 6 heteroatoms. The average molecular weight is 217 g/mol. The molecule has 0 radical (unpaired) electrons. The topological polar surface area (TPSA) is 85.8 Å². The van der Waals surface area contributed by atoms with Crippen LogP contribution in [-0.2, 0) is 0 Å². The Morgan fingerprint density at radius 3 is 2.94 bits per heavy atom. The minimum Gasteiger partial charge on any atom is -0.382 e. The van der Waals surface area contributed by atoms with Gasteiger partial charge in [-0.25, -0.2) is 4.68 Å². The molecular formula is C10H11N5O. The van der Waals surface area contributed by atoms with Crippen LogP contribution in [0.2, 0.25) is 0 Å². The van der Waals surface area contributed by atoms with E-state index in [1.54, 1.807) is 42.3 Å². The molecule has 0 saturated heterocycles. The van der Waals surface area contributed by atoms with Crippen LogP contribution >= 0.6 is 0 Å². The average Bonchev–Trinajstić information content (AvgIpc) is 2.75. The second kappa shape index (κ2) is 4.01.